The summed E-state index contributed by atoms with van der Waals surface area (Å²) in [6.45, 7) is 9.72. The van der Waals surface area contributed by atoms with Gasteiger partial charge < -0.3 is 14.2 Å². The summed E-state index contributed by atoms with van der Waals surface area (Å²) in [7, 11) is 0. The van der Waals surface area contributed by atoms with Crippen molar-refractivity contribution >= 4 is 0 Å². The summed E-state index contributed by atoms with van der Waals surface area (Å²) in [5, 5.41) is 0. The second-order valence-electron chi connectivity index (χ2n) is 8.63. The molecule has 4 fully saturated rings. The zero-order valence-corrected chi connectivity index (χ0v) is 15.5. The number of epoxide rings is 2. The van der Waals surface area contributed by atoms with Crippen LogP contribution in [-0.4, -0.2) is 37.6 Å². The first-order valence-electron chi connectivity index (χ1n) is 10.4. The van der Waals surface area contributed by atoms with Crippen LogP contribution in [0.15, 0.2) is 25.3 Å². The maximum absolute atomic E-state index is 6.81. The fraction of sp³-hybridized carbons (Fsp3) is 0.818. The average Bonchev–Trinajstić information content (AvgIpc) is 3.56. The minimum absolute atomic E-state index is 0.275. The van der Waals surface area contributed by atoms with E-state index in [9.17, 15) is 0 Å². The second-order valence-corrected chi connectivity index (χ2v) is 8.63. The molecule has 0 radical (unpaired) electrons. The number of hydrogen-bond donors (Lipinski definition) is 0. The first-order chi connectivity index (χ1) is 12.3. The normalized spacial score (nSPS) is 43.0. The number of allylic oxidation sites excluding steroid dienone is 2. The van der Waals surface area contributed by atoms with E-state index in [2.05, 4.69) is 25.3 Å². The van der Waals surface area contributed by atoms with Crippen molar-refractivity contribution in [3.63, 3.8) is 0 Å². The molecule has 0 bridgehead atoms. The van der Waals surface area contributed by atoms with Gasteiger partial charge in [0.1, 0.15) is 12.2 Å². The highest BCUT2D eigenvalue weighted by Gasteiger charge is 2.47. The molecule has 3 nitrogen and oxygen atoms in total. The van der Waals surface area contributed by atoms with Crippen LogP contribution in [0.1, 0.15) is 51.4 Å². The zero-order valence-electron chi connectivity index (χ0n) is 15.5. The molecule has 2 aliphatic carbocycles. The standard InChI is InChI=1S/C22H34O3/c1-3-15-5-9-17(10-6-15)21(19-13-23-19)25-22(20-14-24-20)18-11-7-16(4-2)8-12-18/h3-4,15-22H,1-2,5-14H2. The first kappa shape index (κ1) is 17.8. The van der Waals surface area contributed by atoms with E-state index in [-0.39, 0.29) is 12.2 Å². The number of rotatable bonds is 8. The van der Waals surface area contributed by atoms with Crippen LogP contribution in [0.25, 0.3) is 0 Å². The van der Waals surface area contributed by atoms with E-state index >= 15 is 0 Å². The highest BCUT2D eigenvalue weighted by Crippen LogP contribution is 2.41. The smallest absolute Gasteiger partial charge is 0.107 e. The third kappa shape index (κ3) is 4.37. The molecule has 2 heterocycles. The van der Waals surface area contributed by atoms with E-state index in [1.807, 2.05) is 0 Å². The lowest BCUT2D eigenvalue weighted by Crippen LogP contribution is -2.41. The molecular weight excluding hydrogens is 312 g/mol. The van der Waals surface area contributed by atoms with Gasteiger partial charge in [0.05, 0.1) is 25.4 Å². The largest absolute Gasteiger partial charge is 0.370 e. The predicted octanol–water partition coefficient (Wildman–Crippen LogP) is 4.52. The Kier molecular flexibility index (Phi) is 5.64. The topological polar surface area (TPSA) is 34.3 Å². The molecule has 0 spiro atoms. The highest BCUT2D eigenvalue weighted by molar-refractivity contribution is 4.96. The minimum Gasteiger partial charge on any atom is -0.370 e. The molecule has 140 valence electrons. The van der Waals surface area contributed by atoms with E-state index in [4.69, 9.17) is 14.2 Å². The third-order valence-corrected chi connectivity index (χ3v) is 6.99. The van der Waals surface area contributed by atoms with E-state index in [1.165, 1.54) is 51.4 Å². The van der Waals surface area contributed by atoms with Crippen molar-refractivity contribution in [2.45, 2.75) is 75.8 Å². The summed E-state index contributed by atoms with van der Waals surface area (Å²) in [4.78, 5) is 0. The van der Waals surface area contributed by atoms with Crippen LogP contribution in [0.3, 0.4) is 0 Å². The fourth-order valence-electron chi connectivity index (χ4n) is 5.09. The molecule has 2 aliphatic heterocycles. The Morgan fingerprint density at radius 3 is 1.32 bits per heavy atom. The Hall–Kier alpha value is -0.640. The van der Waals surface area contributed by atoms with Crippen molar-refractivity contribution in [2.75, 3.05) is 13.2 Å². The maximum Gasteiger partial charge on any atom is 0.107 e. The van der Waals surface area contributed by atoms with E-state index in [1.54, 1.807) is 0 Å². The molecule has 25 heavy (non-hydrogen) atoms. The van der Waals surface area contributed by atoms with Crippen LogP contribution in [0.4, 0.5) is 0 Å². The molecular formula is C22H34O3. The molecule has 4 atom stereocenters. The Bertz CT molecular complexity index is 410. The molecule has 2 saturated heterocycles. The van der Waals surface area contributed by atoms with Crippen LogP contribution >= 0.6 is 0 Å². The predicted molar refractivity (Wildman–Crippen MR) is 99.4 cm³/mol. The lowest BCUT2D eigenvalue weighted by atomic mass is 9.77. The summed E-state index contributed by atoms with van der Waals surface area (Å²) >= 11 is 0. The summed E-state index contributed by atoms with van der Waals surface area (Å²) in [6, 6.07) is 0. The van der Waals surface area contributed by atoms with Gasteiger partial charge in [0.2, 0.25) is 0 Å². The van der Waals surface area contributed by atoms with Crippen molar-refractivity contribution in [3.05, 3.63) is 25.3 Å². The monoisotopic (exact) mass is 346 g/mol. The van der Waals surface area contributed by atoms with Gasteiger partial charge in [-0.1, -0.05) is 12.2 Å². The van der Waals surface area contributed by atoms with Crippen LogP contribution in [0.2, 0.25) is 0 Å². The summed E-state index contributed by atoms with van der Waals surface area (Å²) in [5.41, 5.74) is 0. The van der Waals surface area contributed by atoms with Gasteiger partial charge in [0.25, 0.3) is 0 Å². The Morgan fingerprint density at radius 2 is 1.04 bits per heavy atom. The van der Waals surface area contributed by atoms with Crippen LogP contribution in [-0.2, 0) is 14.2 Å². The van der Waals surface area contributed by atoms with Crippen LogP contribution in [0.5, 0.6) is 0 Å². The number of hydrogen-bond acceptors (Lipinski definition) is 3. The molecule has 0 amide bonds. The lowest BCUT2D eigenvalue weighted by Gasteiger charge is -2.38. The molecule has 0 aromatic carbocycles. The van der Waals surface area contributed by atoms with Crippen molar-refractivity contribution in [1.29, 1.82) is 0 Å². The van der Waals surface area contributed by atoms with Gasteiger partial charge in [-0.15, -0.1) is 13.2 Å². The number of ether oxygens (including phenoxy) is 3. The van der Waals surface area contributed by atoms with Gasteiger partial charge in [0, 0.05) is 0 Å². The Balaban J connectivity index is 1.38. The average molecular weight is 347 g/mol. The SMILES string of the molecule is C=CC1CCC(C(OC(C2CCC(C=C)CC2)C2CO2)C2CO2)CC1. The fourth-order valence-corrected chi connectivity index (χ4v) is 5.09. The van der Waals surface area contributed by atoms with E-state index < -0.39 is 0 Å². The maximum atomic E-state index is 6.81. The van der Waals surface area contributed by atoms with Crippen LogP contribution in [0, 0.1) is 23.7 Å². The van der Waals surface area contributed by atoms with Gasteiger partial charge in [-0.25, -0.2) is 0 Å². The van der Waals surface area contributed by atoms with Crippen molar-refractivity contribution in [2.24, 2.45) is 23.7 Å². The minimum atomic E-state index is 0.275. The summed E-state index contributed by atoms with van der Waals surface area (Å²) in [5.74, 6) is 2.70. The Labute approximate surface area is 152 Å². The first-order valence-corrected chi connectivity index (χ1v) is 10.4. The molecule has 0 N–H and O–H groups in total. The molecule has 3 heteroatoms. The highest BCUT2D eigenvalue weighted by atomic mass is 16.6. The summed E-state index contributed by atoms with van der Waals surface area (Å²) in [6.07, 6.45) is 15.5. The molecule has 4 aliphatic rings. The van der Waals surface area contributed by atoms with Gasteiger partial charge in [-0.05, 0) is 75.0 Å². The van der Waals surface area contributed by atoms with Gasteiger partial charge in [-0.2, -0.15) is 0 Å². The third-order valence-electron chi connectivity index (χ3n) is 6.99. The zero-order chi connectivity index (χ0) is 17.2. The summed E-state index contributed by atoms with van der Waals surface area (Å²) < 4.78 is 18.2. The molecule has 0 aromatic heterocycles. The van der Waals surface area contributed by atoms with Crippen molar-refractivity contribution in [3.8, 4) is 0 Å². The molecule has 2 saturated carbocycles. The van der Waals surface area contributed by atoms with E-state index in [0.717, 1.165) is 13.2 Å². The van der Waals surface area contributed by atoms with Crippen molar-refractivity contribution < 1.29 is 14.2 Å². The van der Waals surface area contributed by atoms with E-state index in [0.29, 0.717) is 35.9 Å². The molecule has 4 unspecified atom stereocenters. The molecule has 0 aromatic rings. The quantitative estimate of drug-likeness (QED) is 0.478. The van der Waals surface area contributed by atoms with Gasteiger partial charge in [0.15, 0.2) is 0 Å². The lowest BCUT2D eigenvalue weighted by molar-refractivity contribution is -0.102. The van der Waals surface area contributed by atoms with Crippen molar-refractivity contribution in [1.82, 2.24) is 0 Å². The Morgan fingerprint density at radius 1 is 0.680 bits per heavy atom. The van der Waals surface area contributed by atoms with Gasteiger partial charge >= 0.3 is 0 Å². The molecule has 4 rings (SSSR count). The van der Waals surface area contributed by atoms with Gasteiger partial charge in [-0.3, -0.25) is 0 Å². The van der Waals surface area contributed by atoms with Crippen LogP contribution < -0.4 is 0 Å². The second kappa shape index (κ2) is 7.94.